The Balaban J connectivity index is 1.65. The summed E-state index contributed by atoms with van der Waals surface area (Å²) in [5, 5.41) is 0. The summed E-state index contributed by atoms with van der Waals surface area (Å²) in [5.74, 6) is 0.361. The highest BCUT2D eigenvalue weighted by molar-refractivity contribution is 5.77. The smallest absolute Gasteiger partial charge is 0.306 e. The van der Waals surface area contributed by atoms with Crippen LogP contribution in [-0.2, 0) is 19.1 Å². The van der Waals surface area contributed by atoms with Crippen molar-refractivity contribution < 1.29 is 19.1 Å². The fraction of sp³-hybridized carbons (Fsp3) is 0.889. The Morgan fingerprint density at radius 3 is 1.45 bits per heavy atom. The van der Waals surface area contributed by atoms with Gasteiger partial charge in [0.2, 0.25) is 0 Å². The SMILES string of the molecule is CC1CCCCC1OC(=O)CCC(=O)OC1CCCCC1C. The van der Waals surface area contributed by atoms with Crippen LogP contribution in [0, 0.1) is 11.8 Å². The first-order valence-corrected chi connectivity index (χ1v) is 8.95. The van der Waals surface area contributed by atoms with E-state index in [4.69, 9.17) is 9.47 Å². The van der Waals surface area contributed by atoms with Gasteiger partial charge in [0.25, 0.3) is 0 Å². The summed E-state index contributed by atoms with van der Waals surface area (Å²) in [7, 11) is 0. The zero-order valence-electron chi connectivity index (χ0n) is 14.0. The van der Waals surface area contributed by atoms with Gasteiger partial charge in [0.15, 0.2) is 0 Å². The fourth-order valence-electron chi connectivity index (χ4n) is 3.57. The summed E-state index contributed by atoms with van der Waals surface area (Å²) in [6.07, 6.45) is 9.22. The second kappa shape index (κ2) is 8.54. The normalized spacial score (nSPS) is 32.3. The number of carbonyl (C=O) groups is 2. The van der Waals surface area contributed by atoms with Crippen molar-refractivity contribution in [2.75, 3.05) is 0 Å². The summed E-state index contributed by atoms with van der Waals surface area (Å²) in [5.41, 5.74) is 0. The van der Waals surface area contributed by atoms with E-state index in [9.17, 15) is 9.59 Å². The lowest BCUT2D eigenvalue weighted by atomic mass is 9.88. The maximum absolute atomic E-state index is 11.9. The zero-order valence-corrected chi connectivity index (χ0v) is 14.0. The average Bonchev–Trinajstić information content (AvgIpc) is 2.50. The van der Waals surface area contributed by atoms with E-state index in [0.29, 0.717) is 11.8 Å². The van der Waals surface area contributed by atoms with E-state index in [0.717, 1.165) is 38.5 Å². The Bertz CT molecular complexity index is 343. The van der Waals surface area contributed by atoms with E-state index >= 15 is 0 Å². The largest absolute Gasteiger partial charge is 0.462 e. The molecule has 0 radical (unpaired) electrons. The molecule has 0 aliphatic heterocycles. The summed E-state index contributed by atoms with van der Waals surface area (Å²) in [4.78, 5) is 23.8. The summed E-state index contributed by atoms with van der Waals surface area (Å²) >= 11 is 0. The van der Waals surface area contributed by atoms with Crippen molar-refractivity contribution in [2.24, 2.45) is 11.8 Å². The molecule has 0 aromatic rings. The maximum atomic E-state index is 11.9. The van der Waals surface area contributed by atoms with Crippen molar-refractivity contribution in [1.82, 2.24) is 0 Å². The number of rotatable bonds is 5. The molecule has 0 saturated heterocycles. The van der Waals surface area contributed by atoms with Crippen molar-refractivity contribution in [1.29, 1.82) is 0 Å². The van der Waals surface area contributed by atoms with Gasteiger partial charge >= 0.3 is 11.9 Å². The van der Waals surface area contributed by atoms with Crippen molar-refractivity contribution in [3.8, 4) is 0 Å². The predicted molar refractivity (Wildman–Crippen MR) is 84.3 cm³/mol. The van der Waals surface area contributed by atoms with Crippen molar-refractivity contribution in [3.05, 3.63) is 0 Å². The molecule has 22 heavy (non-hydrogen) atoms. The van der Waals surface area contributed by atoms with E-state index in [1.54, 1.807) is 0 Å². The molecular weight excluding hydrogens is 280 g/mol. The Morgan fingerprint density at radius 2 is 1.09 bits per heavy atom. The monoisotopic (exact) mass is 310 g/mol. The van der Waals surface area contributed by atoms with Crippen LogP contribution in [-0.4, -0.2) is 24.1 Å². The van der Waals surface area contributed by atoms with Crippen molar-refractivity contribution in [3.63, 3.8) is 0 Å². The van der Waals surface area contributed by atoms with Gasteiger partial charge in [0.05, 0.1) is 12.8 Å². The molecule has 0 amide bonds. The lowest BCUT2D eigenvalue weighted by Gasteiger charge is -2.29. The fourth-order valence-corrected chi connectivity index (χ4v) is 3.57. The number of carbonyl (C=O) groups excluding carboxylic acids is 2. The second-order valence-electron chi connectivity index (χ2n) is 7.08. The van der Waals surface area contributed by atoms with Gasteiger partial charge in [-0.2, -0.15) is 0 Å². The Kier molecular flexibility index (Phi) is 6.71. The maximum Gasteiger partial charge on any atom is 0.306 e. The first kappa shape index (κ1) is 17.3. The molecule has 4 unspecified atom stereocenters. The van der Waals surface area contributed by atoms with Crippen LogP contribution in [0.3, 0.4) is 0 Å². The summed E-state index contributed by atoms with van der Waals surface area (Å²) in [6.45, 7) is 4.27. The third-order valence-corrected chi connectivity index (χ3v) is 5.16. The molecule has 2 fully saturated rings. The topological polar surface area (TPSA) is 52.6 Å². The van der Waals surface area contributed by atoms with E-state index in [-0.39, 0.29) is 37.0 Å². The van der Waals surface area contributed by atoms with Crippen LogP contribution in [0.1, 0.15) is 78.1 Å². The molecule has 0 aromatic carbocycles. The second-order valence-corrected chi connectivity index (χ2v) is 7.08. The molecule has 2 aliphatic carbocycles. The standard InChI is InChI=1S/C18H30O4/c1-13-7-3-5-9-15(13)21-17(19)11-12-18(20)22-16-10-6-4-8-14(16)2/h13-16H,3-12H2,1-2H3. The van der Waals surface area contributed by atoms with E-state index in [2.05, 4.69) is 13.8 Å². The van der Waals surface area contributed by atoms with E-state index < -0.39 is 0 Å². The molecule has 0 N–H and O–H groups in total. The number of esters is 2. The Labute approximate surface area is 133 Å². The number of hydrogen-bond acceptors (Lipinski definition) is 4. The van der Waals surface area contributed by atoms with Crippen molar-refractivity contribution >= 4 is 11.9 Å². The molecule has 4 heteroatoms. The van der Waals surface area contributed by atoms with Gasteiger partial charge in [0.1, 0.15) is 12.2 Å². The molecule has 4 nitrogen and oxygen atoms in total. The molecule has 2 aliphatic rings. The van der Waals surface area contributed by atoms with Crippen LogP contribution in [0.5, 0.6) is 0 Å². The molecular formula is C18H30O4. The zero-order chi connectivity index (χ0) is 15.9. The van der Waals surface area contributed by atoms with E-state index in [1.165, 1.54) is 12.8 Å². The minimum atomic E-state index is -0.257. The molecule has 2 saturated carbocycles. The number of hydrogen-bond donors (Lipinski definition) is 0. The minimum Gasteiger partial charge on any atom is -0.462 e. The van der Waals surface area contributed by atoms with Crippen LogP contribution in [0.4, 0.5) is 0 Å². The average molecular weight is 310 g/mol. The molecule has 0 heterocycles. The molecule has 0 aromatic heterocycles. The molecule has 0 spiro atoms. The van der Waals surface area contributed by atoms with Gasteiger partial charge in [-0.15, -0.1) is 0 Å². The Morgan fingerprint density at radius 1 is 0.727 bits per heavy atom. The van der Waals surface area contributed by atoms with Crippen molar-refractivity contribution in [2.45, 2.75) is 90.3 Å². The van der Waals surface area contributed by atoms with Crippen LogP contribution in [0.15, 0.2) is 0 Å². The highest BCUT2D eigenvalue weighted by atomic mass is 16.6. The first-order valence-electron chi connectivity index (χ1n) is 8.95. The molecule has 2 rings (SSSR count). The predicted octanol–water partition coefficient (Wildman–Crippen LogP) is 4.01. The highest BCUT2D eigenvalue weighted by Gasteiger charge is 2.27. The third kappa shape index (κ3) is 5.29. The van der Waals surface area contributed by atoms with Gasteiger partial charge < -0.3 is 9.47 Å². The Hall–Kier alpha value is -1.06. The minimum absolute atomic E-state index is 0.0376. The summed E-state index contributed by atoms with van der Waals surface area (Å²) < 4.78 is 11.0. The van der Waals surface area contributed by atoms with Gasteiger partial charge in [0, 0.05) is 0 Å². The lowest BCUT2D eigenvalue weighted by Crippen LogP contribution is -2.30. The van der Waals surface area contributed by atoms with Crippen LogP contribution >= 0.6 is 0 Å². The van der Waals surface area contributed by atoms with Gasteiger partial charge in [-0.05, 0) is 50.4 Å². The lowest BCUT2D eigenvalue weighted by molar-refractivity contribution is -0.160. The van der Waals surface area contributed by atoms with Gasteiger partial charge in [-0.25, -0.2) is 0 Å². The van der Waals surface area contributed by atoms with E-state index in [1.807, 2.05) is 0 Å². The number of ether oxygens (including phenoxy) is 2. The quantitative estimate of drug-likeness (QED) is 0.720. The molecule has 4 atom stereocenters. The molecule has 126 valence electrons. The summed E-state index contributed by atoms with van der Waals surface area (Å²) in [6, 6.07) is 0. The van der Waals surface area contributed by atoms with Crippen LogP contribution in [0.25, 0.3) is 0 Å². The van der Waals surface area contributed by atoms with Crippen LogP contribution in [0.2, 0.25) is 0 Å². The van der Waals surface area contributed by atoms with Gasteiger partial charge in [-0.1, -0.05) is 26.7 Å². The van der Waals surface area contributed by atoms with Gasteiger partial charge in [-0.3, -0.25) is 9.59 Å². The first-order chi connectivity index (χ1) is 10.6. The third-order valence-electron chi connectivity index (χ3n) is 5.16. The van der Waals surface area contributed by atoms with Crippen LogP contribution < -0.4 is 0 Å². The molecule has 0 bridgehead atoms. The highest BCUT2D eigenvalue weighted by Crippen LogP contribution is 2.28.